The summed E-state index contributed by atoms with van der Waals surface area (Å²) in [7, 11) is 5.62. The normalized spacial score (nSPS) is 11.8. The number of benzene rings is 1. The summed E-state index contributed by atoms with van der Waals surface area (Å²) in [5.41, 5.74) is 1.74. The standard InChI is InChI=1S/C19H27FN4S/c1-5-16-7-8-17(25-16)12-23-19(21-2)22-11-14-6-9-18(20)15(10-14)13-24(3)4/h6-10H,5,11-13H2,1-4H3,(H2,21,22,23). The zero-order valence-corrected chi connectivity index (χ0v) is 16.2. The summed E-state index contributed by atoms with van der Waals surface area (Å²) in [4.78, 5) is 8.89. The molecule has 0 amide bonds. The van der Waals surface area contributed by atoms with Gasteiger partial charge in [0.2, 0.25) is 0 Å². The van der Waals surface area contributed by atoms with Gasteiger partial charge in [-0.2, -0.15) is 0 Å². The number of nitrogens with zero attached hydrogens (tertiary/aromatic N) is 2. The average molecular weight is 363 g/mol. The molecular weight excluding hydrogens is 335 g/mol. The minimum Gasteiger partial charge on any atom is -0.352 e. The van der Waals surface area contributed by atoms with Gasteiger partial charge in [-0.1, -0.05) is 13.0 Å². The van der Waals surface area contributed by atoms with Crippen LogP contribution >= 0.6 is 11.3 Å². The van der Waals surface area contributed by atoms with Crippen molar-refractivity contribution in [1.29, 1.82) is 0 Å². The molecule has 25 heavy (non-hydrogen) atoms. The Hall–Kier alpha value is -1.92. The summed E-state index contributed by atoms with van der Waals surface area (Å²) < 4.78 is 13.9. The van der Waals surface area contributed by atoms with Crippen molar-refractivity contribution in [2.75, 3.05) is 21.1 Å². The Labute approximate surface area is 153 Å². The highest BCUT2D eigenvalue weighted by molar-refractivity contribution is 7.11. The molecule has 2 rings (SSSR count). The smallest absolute Gasteiger partial charge is 0.191 e. The van der Waals surface area contributed by atoms with Crippen LogP contribution in [0.25, 0.3) is 0 Å². The zero-order valence-electron chi connectivity index (χ0n) is 15.4. The summed E-state index contributed by atoms with van der Waals surface area (Å²) in [6, 6.07) is 9.56. The van der Waals surface area contributed by atoms with Crippen LogP contribution in [0.15, 0.2) is 35.3 Å². The Kier molecular flexibility index (Phi) is 7.40. The fourth-order valence-corrected chi connectivity index (χ4v) is 3.38. The van der Waals surface area contributed by atoms with E-state index in [1.807, 2.05) is 42.5 Å². The minimum absolute atomic E-state index is 0.163. The highest BCUT2D eigenvalue weighted by atomic mass is 32.1. The van der Waals surface area contributed by atoms with E-state index in [0.717, 1.165) is 24.5 Å². The first kappa shape index (κ1) is 19.4. The molecule has 4 nitrogen and oxygen atoms in total. The largest absolute Gasteiger partial charge is 0.352 e. The summed E-state index contributed by atoms with van der Waals surface area (Å²) in [5.74, 6) is 0.578. The van der Waals surface area contributed by atoms with Crippen molar-refractivity contribution >= 4 is 17.3 Å². The Morgan fingerprint density at radius 2 is 1.84 bits per heavy atom. The van der Waals surface area contributed by atoms with Gasteiger partial charge in [0, 0.05) is 35.5 Å². The maximum atomic E-state index is 13.9. The molecule has 0 spiro atoms. The first-order valence-electron chi connectivity index (χ1n) is 8.46. The van der Waals surface area contributed by atoms with Crippen molar-refractivity contribution in [2.24, 2.45) is 4.99 Å². The Morgan fingerprint density at radius 1 is 1.12 bits per heavy atom. The molecular formula is C19H27FN4S. The number of hydrogen-bond donors (Lipinski definition) is 2. The van der Waals surface area contributed by atoms with Crippen LogP contribution in [0.4, 0.5) is 4.39 Å². The predicted molar refractivity (Wildman–Crippen MR) is 105 cm³/mol. The predicted octanol–water partition coefficient (Wildman–Crippen LogP) is 3.38. The van der Waals surface area contributed by atoms with E-state index < -0.39 is 0 Å². The quantitative estimate of drug-likeness (QED) is 0.586. The topological polar surface area (TPSA) is 39.7 Å². The fraction of sp³-hybridized carbons (Fsp3) is 0.421. The lowest BCUT2D eigenvalue weighted by Gasteiger charge is -2.14. The third-order valence-electron chi connectivity index (χ3n) is 3.78. The van der Waals surface area contributed by atoms with Crippen molar-refractivity contribution in [3.05, 3.63) is 57.0 Å². The first-order valence-corrected chi connectivity index (χ1v) is 9.27. The number of hydrogen-bond acceptors (Lipinski definition) is 3. The highest BCUT2D eigenvalue weighted by Gasteiger charge is 2.06. The molecule has 0 fully saturated rings. The lowest BCUT2D eigenvalue weighted by atomic mass is 10.1. The van der Waals surface area contributed by atoms with Crippen LogP contribution in [0.1, 0.15) is 27.8 Å². The summed E-state index contributed by atoms with van der Waals surface area (Å²) >= 11 is 1.82. The van der Waals surface area contributed by atoms with Crippen LogP contribution in [-0.2, 0) is 26.1 Å². The molecule has 2 N–H and O–H groups in total. The summed E-state index contributed by atoms with van der Waals surface area (Å²) in [5, 5.41) is 6.60. The number of aryl methyl sites for hydroxylation is 1. The molecule has 0 bridgehead atoms. The molecule has 0 unspecified atom stereocenters. The Bertz CT molecular complexity index is 709. The second kappa shape index (κ2) is 9.53. The molecule has 2 aromatic rings. The van der Waals surface area contributed by atoms with Crippen LogP contribution in [-0.4, -0.2) is 32.0 Å². The lowest BCUT2D eigenvalue weighted by Crippen LogP contribution is -2.36. The second-order valence-corrected chi connectivity index (χ2v) is 7.42. The molecule has 1 aromatic heterocycles. The van der Waals surface area contributed by atoms with E-state index in [9.17, 15) is 4.39 Å². The second-order valence-electron chi connectivity index (χ2n) is 6.16. The zero-order chi connectivity index (χ0) is 18.2. The van der Waals surface area contributed by atoms with Gasteiger partial charge in [-0.3, -0.25) is 4.99 Å². The van der Waals surface area contributed by atoms with Crippen molar-refractivity contribution < 1.29 is 4.39 Å². The van der Waals surface area contributed by atoms with E-state index in [4.69, 9.17) is 0 Å². The number of thiophene rings is 1. The molecule has 0 saturated heterocycles. The highest BCUT2D eigenvalue weighted by Crippen LogP contribution is 2.16. The SMILES string of the molecule is CCc1ccc(CNC(=NC)NCc2ccc(F)c(CN(C)C)c2)s1. The van der Waals surface area contributed by atoms with Gasteiger partial charge in [0.15, 0.2) is 5.96 Å². The maximum absolute atomic E-state index is 13.9. The van der Waals surface area contributed by atoms with Crippen molar-refractivity contribution in [3.8, 4) is 0 Å². The van der Waals surface area contributed by atoms with Crippen LogP contribution in [0.5, 0.6) is 0 Å². The number of guanidine groups is 1. The van der Waals surface area contributed by atoms with Crippen LogP contribution in [0, 0.1) is 5.82 Å². The van der Waals surface area contributed by atoms with Crippen LogP contribution in [0.2, 0.25) is 0 Å². The number of rotatable bonds is 7. The van der Waals surface area contributed by atoms with Gasteiger partial charge >= 0.3 is 0 Å². The van der Waals surface area contributed by atoms with Crippen molar-refractivity contribution in [1.82, 2.24) is 15.5 Å². The molecule has 1 heterocycles. The molecule has 136 valence electrons. The maximum Gasteiger partial charge on any atom is 0.191 e. The fourth-order valence-electron chi connectivity index (χ4n) is 2.48. The molecule has 0 radical (unpaired) electrons. The monoisotopic (exact) mass is 362 g/mol. The van der Waals surface area contributed by atoms with E-state index in [2.05, 4.69) is 34.7 Å². The van der Waals surface area contributed by atoms with Crippen LogP contribution < -0.4 is 10.6 Å². The van der Waals surface area contributed by atoms with Gasteiger partial charge in [-0.15, -0.1) is 11.3 Å². The number of nitrogens with one attached hydrogen (secondary N) is 2. The van der Waals surface area contributed by atoms with Crippen molar-refractivity contribution in [2.45, 2.75) is 33.0 Å². The number of aliphatic imine (C=N–C) groups is 1. The van der Waals surface area contributed by atoms with Crippen LogP contribution in [0.3, 0.4) is 0 Å². The summed E-state index contributed by atoms with van der Waals surface area (Å²) in [6.07, 6.45) is 1.07. The first-order chi connectivity index (χ1) is 12.0. The molecule has 6 heteroatoms. The van der Waals surface area contributed by atoms with Gasteiger partial charge in [-0.25, -0.2) is 4.39 Å². The Morgan fingerprint density at radius 3 is 2.48 bits per heavy atom. The average Bonchev–Trinajstić information content (AvgIpc) is 3.05. The van der Waals surface area contributed by atoms with E-state index in [1.54, 1.807) is 7.05 Å². The molecule has 0 aliphatic heterocycles. The van der Waals surface area contributed by atoms with Gasteiger partial charge in [0.25, 0.3) is 0 Å². The van der Waals surface area contributed by atoms with Gasteiger partial charge in [0.05, 0.1) is 6.54 Å². The third kappa shape index (κ3) is 6.14. The van der Waals surface area contributed by atoms with E-state index in [-0.39, 0.29) is 5.82 Å². The lowest BCUT2D eigenvalue weighted by molar-refractivity contribution is 0.392. The van der Waals surface area contributed by atoms with E-state index in [1.165, 1.54) is 15.8 Å². The van der Waals surface area contributed by atoms with Gasteiger partial charge < -0.3 is 15.5 Å². The molecule has 0 aliphatic rings. The molecule has 1 aromatic carbocycles. The third-order valence-corrected chi connectivity index (χ3v) is 5.01. The molecule has 0 aliphatic carbocycles. The van der Waals surface area contributed by atoms with Gasteiger partial charge in [-0.05, 0) is 50.3 Å². The van der Waals surface area contributed by atoms with Gasteiger partial charge in [0.1, 0.15) is 5.82 Å². The van der Waals surface area contributed by atoms with E-state index >= 15 is 0 Å². The number of halogens is 1. The minimum atomic E-state index is -0.163. The summed E-state index contributed by atoms with van der Waals surface area (Å²) in [6.45, 7) is 4.10. The van der Waals surface area contributed by atoms with E-state index in [0.29, 0.717) is 18.7 Å². The van der Waals surface area contributed by atoms with Crippen molar-refractivity contribution in [3.63, 3.8) is 0 Å². The molecule has 0 saturated carbocycles. The Balaban J connectivity index is 1.89. The molecule has 0 atom stereocenters.